The summed E-state index contributed by atoms with van der Waals surface area (Å²) in [6.07, 6.45) is 0. The molecular formula is C16H16F2N2O. The van der Waals surface area contributed by atoms with Gasteiger partial charge < -0.3 is 15.0 Å². The van der Waals surface area contributed by atoms with Gasteiger partial charge in [0.1, 0.15) is 5.75 Å². The van der Waals surface area contributed by atoms with Crippen molar-refractivity contribution in [3.8, 4) is 5.75 Å². The molecule has 110 valence electrons. The number of ether oxygens (including phenoxy) is 1. The molecule has 2 aromatic rings. The molecule has 0 bridgehead atoms. The summed E-state index contributed by atoms with van der Waals surface area (Å²) in [4.78, 5) is 2.17. The van der Waals surface area contributed by atoms with E-state index in [-0.39, 0.29) is 5.75 Å². The van der Waals surface area contributed by atoms with E-state index >= 15 is 0 Å². The van der Waals surface area contributed by atoms with Crippen LogP contribution in [0.25, 0.3) is 0 Å². The zero-order valence-corrected chi connectivity index (χ0v) is 11.4. The SMILES string of the molecule is FC(F)Oc1ccccc1CN1CCNc2ccccc21. The van der Waals surface area contributed by atoms with Crippen LogP contribution in [-0.4, -0.2) is 19.7 Å². The molecule has 0 fully saturated rings. The first kappa shape index (κ1) is 13.7. The minimum Gasteiger partial charge on any atom is -0.434 e. The van der Waals surface area contributed by atoms with Gasteiger partial charge in [0.25, 0.3) is 0 Å². The van der Waals surface area contributed by atoms with E-state index in [9.17, 15) is 8.78 Å². The number of alkyl halides is 2. The number of anilines is 2. The normalized spacial score (nSPS) is 13.8. The average molecular weight is 290 g/mol. The van der Waals surface area contributed by atoms with Gasteiger partial charge in [-0.3, -0.25) is 0 Å². The van der Waals surface area contributed by atoms with Crippen molar-refractivity contribution in [1.82, 2.24) is 0 Å². The Morgan fingerprint density at radius 2 is 1.86 bits per heavy atom. The maximum atomic E-state index is 12.5. The number of hydrogen-bond acceptors (Lipinski definition) is 3. The van der Waals surface area contributed by atoms with E-state index in [0.29, 0.717) is 6.54 Å². The summed E-state index contributed by atoms with van der Waals surface area (Å²) in [6, 6.07) is 14.9. The van der Waals surface area contributed by atoms with Crippen LogP contribution in [0.4, 0.5) is 20.2 Å². The molecule has 0 saturated heterocycles. The maximum Gasteiger partial charge on any atom is 0.387 e. The molecule has 0 atom stereocenters. The van der Waals surface area contributed by atoms with Gasteiger partial charge in [-0.1, -0.05) is 30.3 Å². The second kappa shape index (κ2) is 5.99. The van der Waals surface area contributed by atoms with Crippen LogP contribution in [-0.2, 0) is 6.54 Å². The number of halogens is 2. The highest BCUT2D eigenvalue weighted by atomic mass is 19.3. The molecule has 0 saturated carbocycles. The highest BCUT2D eigenvalue weighted by molar-refractivity contribution is 5.72. The monoisotopic (exact) mass is 290 g/mol. The van der Waals surface area contributed by atoms with E-state index in [1.807, 2.05) is 36.4 Å². The fourth-order valence-electron chi connectivity index (χ4n) is 2.56. The molecule has 0 amide bonds. The Bertz CT molecular complexity index is 619. The Balaban J connectivity index is 1.85. The number of nitrogens with one attached hydrogen (secondary N) is 1. The summed E-state index contributed by atoms with van der Waals surface area (Å²) in [5.41, 5.74) is 2.90. The summed E-state index contributed by atoms with van der Waals surface area (Å²) in [6.45, 7) is -0.613. The van der Waals surface area contributed by atoms with Gasteiger partial charge in [0.15, 0.2) is 0 Å². The summed E-state index contributed by atoms with van der Waals surface area (Å²) >= 11 is 0. The van der Waals surface area contributed by atoms with Crippen molar-refractivity contribution in [3.05, 3.63) is 54.1 Å². The standard InChI is InChI=1S/C16H16F2N2O/c17-16(18)21-15-8-4-1-5-12(15)11-20-10-9-19-13-6-2-3-7-14(13)20/h1-8,16,19H,9-11H2. The van der Waals surface area contributed by atoms with Crippen LogP contribution in [0, 0.1) is 0 Å². The molecule has 0 aliphatic carbocycles. The highest BCUT2D eigenvalue weighted by Gasteiger charge is 2.18. The van der Waals surface area contributed by atoms with Crippen molar-refractivity contribution in [2.45, 2.75) is 13.2 Å². The van der Waals surface area contributed by atoms with Gasteiger partial charge >= 0.3 is 6.61 Å². The van der Waals surface area contributed by atoms with Crippen molar-refractivity contribution in [3.63, 3.8) is 0 Å². The maximum absolute atomic E-state index is 12.5. The molecule has 1 N–H and O–H groups in total. The fourth-order valence-corrected chi connectivity index (χ4v) is 2.56. The zero-order chi connectivity index (χ0) is 14.7. The molecule has 0 radical (unpaired) electrons. The van der Waals surface area contributed by atoms with E-state index < -0.39 is 6.61 Å². The summed E-state index contributed by atoms with van der Waals surface area (Å²) in [5.74, 6) is 0.239. The molecule has 0 unspecified atom stereocenters. The van der Waals surface area contributed by atoms with Crippen LogP contribution in [0.5, 0.6) is 5.75 Å². The van der Waals surface area contributed by atoms with Crippen molar-refractivity contribution in [1.29, 1.82) is 0 Å². The Labute approximate surface area is 122 Å². The number of para-hydroxylation sites is 3. The molecule has 1 aliphatic rings. The number of benzene rings is 2. The molecule has 1 aliphatic heterocycles. The first-order valence-electron chi connectivity index (χ1n) is 6.84. The Morgan fingerprint density at radius 3 is 2.71 bits per heavy atom. The third kappa shape index (κ3) is 3.07. The number of fused-ring (bicyclic) bond motifs is 1. The van der Waals surface area contributed by atoms with Crippen molar-refractivity contribution >= 4 is 11.4 Å². The number of hydrogen-bond donors (Lipinski definition) is 1. The molecule has 3 nitrogen and oxygen atoms in total. The van der Waals surface area contributed by atoms with Crippen LogP contribution in [0.3, 0.4) is 0 Å². The second-order valence-corrected chi connectivity index (χ2v) is 4.85. The predicted octanol–water partition coefficient (Wildman–Crippen LogP) is 3.72. The molecule has 5 heteroatoms. The smallest absolute Gasteiger partial charge is 0.387 e. The second-order valence-electron chi connectivity index (χ2n) is 4.85. The van der Waals surface area contributed by atoms with E-state index in [1.54, 1.807) is 12.1 Å². The molecule has 2 aromatic carbocycles. The molecular weight excluding hydrogens is 274 g/mol. The Hall–Kier alpha value is -2.30. The molecule has 1 heterocycles. The van der Waals surface area contributed by atoms with Crippen LogP contribution < -0.4 is 15.0 Å². The minimum atomic E-state index is -2.80. The van der Waals surface area contributed by atoms with Gasteiger partial charge in [0, 0.05) is 25.2 Å². The molecule has 3 rings (SSSR count). The van der Waals surface area contributed by atoms with Gasteiger partial charge in [0.2, 0.25) is 0 Å². The minimum absolute atomic E-state index is 0.239. The number of nitrogens with zero attached hydrogens (tertiary/aromatic N) is 1. The lowest BCUT2D eigenvalue weighted by atomic mass is 10.1. The van der Waals surface area contributed by atoms with E-state index in [2.05, 4.69) is 15.0 Å². The Kier molecular flexibility index (Phi) is 3.90. The quantitative estimate of drug-likeness (QED) is 0.928. The highest BCUT2D eigenvalue weighted by Crippen LogP contribution is 2.31. The lowest BCUT2D eigenvalue weighted by Gasteiger charge is -2.32. The third-order valence-electron chi connectivity index (χ3n) is 3.49. The van der Waals surface area contributed by atoms with Gasteiger partial charge in [-0.2, -0.15) is 8.78 Å². The van der Waals surface area contributed by atoms with Crippen molar-refractivity contribution in [2.75, 3.05) is 23.3 Å². The van der Waals surface area contributed by atoms with Crippen LogP contribution in [0.2, 0.25) is 0 Å². The summed E-state index contributed by atoms with van der Waals surface area (Å²) in [7, 11) is 0. The fraction of sp³-hybridized carbons (Fsp3) is 0.250. The van der Waals surface area contributed by atoms with Gasteiger partial charge in [-0.05, 0) is 18.2 Å². The van der Waals surface area contributed by atoms with Gasteiger partial charge in [-0.15, -0.1) is 0 Å². The largest absolute Gasteiger partial charge is 0.434 e. The molecule has 21 heavy (non-hydrogen) atoms. The van der Waals surface area contributed by atoms with Crippen LogP contribution in [0.15, 0.2) is 48.5 Å². The van der Waals surface area contributed by atoms with E-state index in [0.717, 1.165) is 30.0 Å². The predicted molar refractivity (Wildman–Crippen MR) is 79.1 cm³/mol. The van der Waals surface area contributed by atoms with Crippen molar-refractivity contribution in [2.24, 2.45) is 0 Å². The zero-order valence-electron chi connectivity index (χ0n) is 11.4. The van der Waals surface area contributed by atoms with E-state index in [4.69, 9.17) is 0 Å². The topological polar surface area (TPSA) is 24.5 Å². The Morgan fingerprint density at radius 1 is 1.10 bits per heavy atom. The number of rotatable bonds is 4. The van der Waals surface area contributed by atoms with Gasteiger partial charge in [-0.25, -0.2) is 0 Å². The third-order valence-corrected chi connectivity index (χ3v) is 3.49. The van der Waals surface area contributed by atoms with Gasteiger partial charge in [0.05, 0.1) is 11.4 Å². The summed E-state index contributed by atoms with van der Waals surface area (Å²) in [5, 5.41) is 3.33. The summed E-state index contributed by atoms with van der Waals surface area (Å²) < 4.78 is 29.5. The average Bonchev–Trinajstić information content (AvgIpc) is 2.49. The lowest BCUT2D eigenvalue weighted by Crippen LogP contribution is -2.33. The lowest BCUT2D eigenvalue weighted by molar-refractivity contribution is -0.0504. The van der Waals surface area contributed by atoms with Crippen LogP contribution >= 0.6 is 0 Å². The van der Waals surface area contributed by atoms with E-state index in [1.165, 1.54) is 0 Å². The first-order chi connectivity index (χ1) is 10.2. The molecule has 0 aromatic heterocycles. The first-order valence-corrected chi connectivity index (χ1v) is 6.84. The van der Waals surface area contributed by atoms with Crippen molar-refractivity contribution < 1.29 is 13.5 Å². The molecule has 0 spiro atoms. The van der Waals surface area contributed by atoms with Crippen LogP contribution in [0.1, 0.15) is 5.56 Å².